The second-order valence-corrected chi connectivity index (χ2v) is 12.5. The summed E-state index contributed by atoms with van der Waals surface area (Å²) in [6.45, 7) is 1.14. The van der Waals surface area contributed by atoms with Crippen molar-refractivity contribution in [2.45, 2.75) is 43.7 Å². The fraction of sp³-hybridized carbons (Fsp3) is 0.200. The molecular weight excluding hydrogens is 647 g/mol. The average Bonchev–Trinajstić information content (AvgIpc) is 3.22. The molecule has 0 aliphatic heterocycles. The van der Waals surface area contributed by atoms with Gasteiger partial charge in [-0.3, -0.25) is 0 Å². The quantitative estimate of drug-likeness (QED) is 0.0367. The van der Waals surface area contributed by atoms with Gasteiger partial charge in [-0.05, 0) is 38.9 Å². The van der Waals surface area contributed by atoms with Crippen LogP contribution in [0.3, 0.4) is 0 Å². The molecule has 7 heteroatoms. The van der Waals surface area contributed by atoms with E-state index in [2.05, 4.69) is 46.4 Å². The summed E-state index contributed by atoms with van der Waals surface area (Å²) in [5.41, 5.74) is 14.7. The molecule has 0 N–H and O–H groups in total. The van der Waals surface area contributed by atoms with Crippen LogP contribution in [0.1, 0.15) is 33.4 Å². The lowest BCUT2D eigenvalue weighted by Gasteiger charge is -2.39. The Bertz CT molecular complexity index is 1830. The molecule has 0 unspecified atom stereocenters. The van der Waals surface area contributed by atoms with Crippen LogP contribution in [0.5, 0.6) is 0 Å². The van der Waals surface area contributed by atoms with Crippen molar-refractivity contribution < 1.29 is 18.9 Å². The van der Waals surface area contributed by atoms with E-state index in [9.17, 15) is 5.53 Å². The molecule has 0 saturated carbocycles. The molecule has 0 amide bonds. The van der Waals surface area contributed by atoms with Crippen LogP contribution < -0.4 is 0 Å². The molecule has 0 spiro atoms. The van der Waals surface area contributed by atoms with Crippen LogP contribution in [-0.4, -0.2) is 31.5 Å². The van der Waals surface area contributed by atoms with Gasteiger partial charge in [0.1, 0.15) is 11.7 Å². The van der Waals surface area contributed by atoms with Crippen molar-refractivity contribution in [3.8, 4) is 0 Å². The van der Waals surface area contributed by atoms with Gasteiger partial charge in [-0.25, -0.2) is 0 Å². The highest BCUT2D eigenvalue weighted by Gasteiger charge is 2.40. The molecule has 0 fully saturated rings. The molecule has 3 atom stereocenters. The Morgan fingerprint density at radius 3 is 1.29 bits per heavy atom. The standard InChI is InChI=1S/C45H43N3O4/c46-48-47-42(34-49-31-36-19-7-1-8-20-36)44(51-33-38-23-11-3-12-24-38)43(50-32-37-21-9-2-10-22-37)35-52-45(39-25-13-4-14-26-39,40-27-15-5-16-28-40)41-29-17-6-18-30-41/h1-30,42-44H,31-35H2/t42-,43+,44+/m0/s1. The first-order valence-corrected chi connectivity index (χ1v) is 17.5. The molecule has 0 bridgehead atoms. The minimum atomic E-state index is -1.00. The average molecular weight is 690 g/mol. The largest absolute Gasteiger partial charge is 0.376 e. The minimum Gasteiger partial charge on any atom is -0.376 e. The number of benzene rings is 6. The van der Waals surface area contributed by atoms with Gasteiger partial charge >= 0.3 is 0 Å². The molecule has 0 radical (unpaired) electrons. The smallest absolute Gasteiger partial charge is 0.143 e. The second-order valence-electron chi connectivity index (χ2n) is 12.5. The number of ether oxygens (including phenoxy) is 4. The van der Waals surface area contributed by atoms with Gasteiger partial charge in [0.2, 0.25) is 0 Å². The predicted octanol–water partition coefficient (Wildman–Crippen LogP) is 10.1. The Balaban J connectivity index is 1.39. The van der Waals surface area contributed by atoms with Gasteiger partial charge in [0.25, 0.3) is 0 Å². The molecule has 7 nitrogen and oxygen atoms in total. The van der Waals surface area contributed by atoms with Crippen molar-refractivity contribution in [3.05, 3.63) is 226 Å². The molecule has 6 rings (SSSR count). The van der Waals surface area contributed by atoms with Crippen molar-refractivity contribution in [2.75, 3.05) is 13.2 Å². The van der Waals surface area contributed by atoms with Crippen molar-refractivity contribution in [2.24, 2.45) is 5.11 Å². The first-order valence-electron chi connectivity index (χ1n) is 17.5. The fourth-order valence-corrected chi connectivity index (χ4v) is 6.36. The van der Waals surface area contributed by atoms with Crippen LogP contribution in [0.2, 0.25) is 0 Å². The molecule has 6 aromatic rings. The maximum Gasteiger partial charge on any atom is 0.143 e. The van der Waals surface area contributed by atoms with Crippen LogP contribution in [0.25, 0.3) is 10.4 Å². The van der Waals surface area contributed by atoms with E-state index < -0.39 is 23.9 Å². The highest BCUT2D eigenvalue weighted by atomic mass is 16.6. The third-order valence-corrected chi connectivity index (χ3v) is 8.94. The first kappa shape index (κ1) is 36.3. The van der Waals surface area contributed by atoms with Gasteiger partial charge in [-0.15, -0.1) is 0 Å². The third-order valence-electron chi connectivity index (χ3n) is 8.94. The topological polar surface area (TPSA) is 85.7 Å². The zero-order valence-electron chi connectivity index (χ0n) is 29.1. The Hall–Kier alpha value is -5.53. The van der Waals surface area contributed by atoms with E-state index in [0.717, 1.165) is 33.4 Å². The Kier molecular flexibility index (Phi) is 13.4. The molecule has 52 heavy (non-hydrogen) atoms. The lowest BCUT2D eigenvalue weighted by molar-refractivity contribution is -0.144. The van der Waals surface area contributed by atoms with Gasteiger partial charge in [0, 0.05) is 4.91 Å². The second kappa shape index (κ2) is 19.2. The Morgan fingerprint density at radius 1 is 0.481 bits per heavy atom. The lowest BCUT2D eigenvalue weighted by Crippen LogP contribution is -2.47. The minimum absolute atomic E-state index is 0.0983. The summed E-state index contributed by atoms with van der Waals surface area (Å²) in [5.74, 6) is 0. The number of azide groups is 1. The highest BCUT2D eigenvalue weighted by molar-refractivity contribution is 5.47. The zero-order chi connectivity index (χ0) is 35.7. The van der Waals surface area contributed by atoms with Crippen molar-refractivity contribution >= 4 is 0 Å². The third kappa shape index (κ3) is 9.62. The van der Waals surface area contributed by atoms with E-state index in [0.29, 0.717) is 13.2 Å². The van der Waals surface area contributed by atoms with Crippen LogP contribution in [0, 0.1) is 0 Å². The van der Waals surface area contributed by atoms with E-state index in [1.807, 2.05) is 146 Å². The molecular formula is C45H43N3O4. The maximum absolute atomic E-state index is 9.86. The summed E-state index contributed by atoms with van der Waals surface area (Å²) in [7, 11) is 0. The van der Waals surface area contributed by atoms with Gasteiger partial charge in [0.15, 0.2) is 0 Å². The summed E-state index contributed by atoms with van der Waals surface area (Å²) in [6.07, 6.45) is -1.43. The monoisotopic (exact) mass is 689 g/mol. The number of hydrogen-bond donors (Lipinski definition) is 0. The predicted molar refractivity (Wildman–Crippen MR) is 204 cm³/mol. The van der Waals surface area contributed by atoms with Gasteiger partial charge < -0.3 is 18.9 Å². The molecule has 0 saturated heterocycles. The molecule has 0 heterocycles. The molecule has 6 aromatic carbocycles. The summed E-state index contributed by atoms with van der Waals surface area (Å²) in [5, 5.41) is 4.26. The van der Waals surface area contributed by atoms with Crippen LogP contribution in [0.4, 0.5) is 0 Å². The Morgan fingerprint density at radius 2 is 0.865 bits per heavy atom. The maximum atomic E-state index is 9.86. The lowest BCUT2D eigenvalue weighted by atomic mass is 9.80. The van der Waals surface area contributed by atoms with Crippen molar-refractivity contribution in [1.29, 1.82) is 0 Å². The van der Waals surface area contributed by atoms with E-state index in [-0.39, 0.29) is 19.8 Å². The van der Waals surface area contributed by atoms with Crippen molar-refractivity contribution in [3.63, 3.8) is 0 Å². The molecule has 0 aliphatic rings. The Labute approximate surface area is 306 Å². The first-order chi connectivity index (χ1) is 25.8. The fourth-order valence-electron chi connectivity index (χ4n) is 6.36. The molecule has 0 aliphatic carbocycles. The van der Waals surface area contributed by atoms with Gasteiger partial charge in [0.05, 0.1) is 45.2 Å². The summed E-state index contributed by atoms with van der Waals surface area (Å²) in [4.78, 5) is 3.26. The van der Waals surface area contributed by atoms with Gasteiger partial charge in [-0.2, -0.15) is 0 Å². The van der Waals surface area contributed by atoms with Crippen LogP contribution in [-0.2, 0) is 44.4 Å². The zero-order valence-corrected chi connectivity index (χ0v) is 29.1. The summed E-state index contributed by atoms with van der Waals surface area (Å²) < 4.78 is 27.0. The van der Waals surface area contributed by atoms with Crippen LogP contribution in [0.15, 0.2) is 187 Å². The summed E-state index contributed by atoms with van der Waals surface area (Å²) in [6, 6.07) is 59.8. The SMILES string of the molecule is [N-]=[N+]=N[C@@H](COCc1ccccc1)[C@@H](OCc1ccccc1)[C@@H](COC(c1ccccc1)(c1ccccc1)c1ccccc1)OCc1ccccc1. The van der Waals surface area contributed by atoms with E-state index >= 15 is 0 Å². The van der Waals surface area contributed by atoms with E-state index in [4.69, 9.17) is 18.9 Å². The van der Waals surface area contributed by atoms with E-state index in [1.54, 1.807) is 0 Å². The molecule has 262 valence electrons. The van der Waals surface area contributed by atoms with Crippen molar-refractivity contribution in [1.82, 2.24) is 0 Å². The number of nitrogens with zero attached hydrogens (tertiary/aromatic N) is 3. The van der Waals surface area contributed by atoms with Gasteiger partial charge in [-0.1, -0.05) is 187 Å². The normalized spacial score (nSPS) is 13.1. The summed E-state index contributed by atoms with van der Waals surface area (Å²) >= 11 is 0. The highest BCUT2D eigenvalue weighted by Crippen LogP contribution is 2.41. The number of hydrogen-bond acceptors (Lipinski definition) is 5. The number of rotatable bonds is 19. The van der Waals surface area contributed by atoms with Crippen LogP contribution >= 0.6 is 0 Å². The molecule has 0 aromatic heterocycles. The van der Waals surface area contributed by atoms with E-state index in [1.165, 1.54) is 0 Å².